The maximum atomic E-state index is 12.6. The van der Waals surface area contributed by atoms with Gasteiger partial charge in [-0.25, -0.2) is 15.0 Å². The van der Waals surface area contributed by atoms with Crippen LogP contribution in [0.1, 0.15) is 57.1 Å². The predicted octanol–water partition coefficient (Wildman–Crippen LogP) is 3.79. The molecule has 0 aromatic carbocycles. The van der Waals surface area contributed by atoms with Gasteiger partial charge in [0.05, 0.1) is 24.9 Å². The van der Waals surface area contributed by atoms with Crippen LogP contribution in [0.15, 0.2) is 29.4 Å². The molecule has 2 aliphatic rings. The van der Waals surface area contributed by atoms with Crippen molar-refractivity contribution in [1.29, 1.82) is 0 Å². The lowest BCUT2D eigenvalue weighted by atomic mass is 10.0. The van der Waals surface area contributed by atoms with Crippen molar-refractivity contribution < 1.29 is 9.53 Å². The molecule has 33 heavy (non-hydrogen) atoms. The van der Waals surface area contributed by atoms with E-state index in [-0.39, 0.29) is 23.8 Å². The van der Waals surface area contributed by atoms with Crippen molar-refractivity contribution in [3.05, 3.63) is 41.5 Å². The molecule has 8 heteroatoms. The van der Waals surface area contributed by atoms with Crippen LogP contribution in [0.3, 0.4) is 0 Å². The second-order valence-electron chi connectivity index (χ2n) is 9.12. The molecule has 0 spiro atoms. The first-order valence-corrected chi connectivity index (χ1v) is 11.8. The summed E-state index contributed by atoms with van der Waals surface area (Å²) >= 11 is 0. The van der Waals surface area contributed by atoms with Gasteiger partial charge in [-0.1, -0.05) is 19.9 Å². The number of rotatable bonds is 6. The molecular weight excluding hydrogens is 416 g/mol. The maximum absolute atomic E-state index is 12.6. The number of aromatic amines is 1. The first-order chi connectivity index (χ1) is 15.9. The number of ether oxygens (including phenoxy) is 1. The van der Waals surface area contributed by atoms with Gasteiger partial charge >= 0.3 is 0 Å². The zero-order valence-corrected chi connectivity index (χ0v) is 20.0. The third kappa shape index (κ3) is 4.71. The molecule has 176 valence electrons. The summed E-state index contributed by atoms with van der Waals surface area (Å²) < 4.78 is 5.65. The Kier molecular flexibility index (Phi) is 6.93. The molecule has 8 nitrogen and oxygen atoms in total. The summed E-state index contributed by atoms with van der Waals surface area (Å²) in [6.45, 7) is 15.3. The minimum absolute atomic E-state index is 0.00233. The molecule has 0 aliphatic carbocycles. The van der Waals surface area contributed by atoms with E-state index in [0.717, 1.165) is 42.2 Å². The van der Waals surface area contributed by atoms with Crippen LogP contribution in [0.25, 0.3) is 5.57 Å². The Morgan fingerprint density at radius 1 is 1.36 bits per heavy atom. The van der Waals surface area contributed by atoms with Gasteiger partial charge in [-0.3, -0.25) is 4.79 Å². The van der Waals surface area contributed by atoms with E-state index in [2.05, 4.69) is 34.6 Å². The van der Waals surface area contributed by atoms with E-state index in [9.17, 15) is 4.79 Å². The molecule has 2 saturated heterocycles. The number of H-pyrrole nitrogens is 1. The molecule has 4 rings (SSSR count). The number of morpholine rings is 1. The minimum atomic E-state index is 0.00233. The Hall–Kier alpha value is -3.00. The van der Waals surface area contributed by atoms with Crippen molar-refractivity contribution in [2.24, 2.45) is 10.9 Å². The SMILES string of the molecule is C=Nc1[nH]ccc1/C(=C\C)c1nc(C2CCN(C(=O)C(C)C)C2)cc(N2CCOC[C@H]2C)n1. The fraction of sp³-hybridized carbons (Fsp3) is 0.520. The molecule has 2 atom stereocenters. The molecule has 0 bridgehead atoms. The fourth-order valence-corrected chi connectivity index (χ4v) is 4.68. The summed E-state index contributed by atoms with van der Waals surface area (Å²) in [4.78, 5) is 34.1. The highest BCUT2D eigenvalue weighted by Crippen LogP contribution is 2.34. The standard InChI is InChI=1S/C25H34N6O2/c1-6-19(20-7-9-27-23(20)26-5)24-28-21(18-8-10-30(14-18)25(32)16(2)3)13-22(29-24)31-11-12-33-15-17(31)4/h6-7,9,13,16-18,27H,5,8,10-12,14-15H2,1-4H3/b19-6+/t17-,18?/m1/s1. The number of likely N-dealkylation sites (tertiary alicyclic amines) is 1. The number of nitrogens with zero attached hydrogens (tertiary/aromatic N) is 5. The van der Waals surface area contributed by atoms with Gasteiger partial charge in [-0.15, -0.1) is 0 Å². The molecule has 2 aromatic heterocycles. The molecule has 2 aromatic rings. The molecule has 0 saturated carbocycles. The zero-order valence-electron chi connectivity index (χ0n) is 20.0. The number of nitrogens with one attached hydrogen (secondary N) is 1. The van der Waals surface area contributed by atoms with Gasteiger partial charge in [0.2, 0.25) is 5.91 Å². The summed E-state index contributed by atoms with van der Waals surface area (Å²) in [7, 11) is 0. The third-order valence-corrected chi connectivity index (χ3v) is 6.51. The number of aromatic nitrogens is 3. The van der Waals surface area contributed by atoms with E-state index in [1.807, 2.05) is 44.0 Å². The van der Waals surface area contributed by atoms with Crippen LogP contribution in [0.2, 0.25) is 0 Å². The summed E-state index contributed by atoms with van der Waals surface area (Å²) in [6, 6.07) is 4.31. The minimum Gasteiger partial charge on any atom is -0.377 e. The van der Waals surface area contributed by atoms with Crippen LogP contribution in [0.5, 0.6) is 0 Å². The summed E-state index contributed by atoms with van der Waals surface area (Å²) in [5.41, 5.74) is 2.82. The number of allylic oxidation sites excluding steroid dienone is 1. The summed E-state index contributed by atoms with van der Waals surface area (Å²) in [6.07, 6.45) is 4.78. The van der Waals surface area contributed by atoms with E-state index in [0.29, 0.717) is 31.4 Å². The molecule has 1 amide bonds. The second-order valence-corrected chi connectivity index (χ2v) is 9.12. The smallest absolute Gasteiger partial charge is 0.225 e. The Morgan fingerprint density at radius 2 is 2.18 bits per heavy atom. The lowest BCUT2D eigenvalue weighted by Gasteiger charge is -2.34. The van der Waals surface area contributed by atoms with Crippen molar-refractivity contribution in [3.63, 3.8) is 0 Å². The average molecular weight is 451 g/mol. The zero-order chi connectivity index (χ0) is 23.5. The Bertz CT molecular complexity index is 1040. The average Bonchev–Trinajstić information content (AvgIpc) is 3.49. The van der Waals surface area contributed by atoms with Crippen molar-refractivity contribution in [2.45, 2.75) is 46.1 Å². The molecule has 1 unspecified atom stereocenters. The van der Waals surface area contributed by atoms with Crippen molar-refractivity contribution in [2.75, 3.05) is 37.7 Å². The summed E-state index contributed by atoms with van der Waals surface area (Å²) in [5.74, 6) is 2.67. The van der Waals surface area contributed by atoms with Gasteiger partial charge < -0.3 is 19.5 Å². The number of carbonyl (C=O) groups is 1. The van der Waals surface area contributed by atoms with Gasteiger partial charge in [0.1, 0.15) is 11.6 Å². The number of hydrogen-bond acceptors (Lipinski definition) is 6. The van der Waals surface area contributed by atoms with Crippen LogP contribution < -0.4 is 4.90 Å². The van der Waals surface area contributed by atoms with Crippen LogP contribution in [-0.4, -0.2) is 71.4 Å². The number of anilines is 1. The van der Waals surface area contributed by atoms with Crippen LogP contribution in [0, 0.1) is 5.92 Å². The Morgan fingerprint density at radius 3 is 2.88 bits per heavy atom. The third-order valence-electron chi connectivity index (χ3n) is 6.51. The number of aliphatic imine (C=N–C) groups is 1. The van der Waals surface area contributed by atoms with Crippen molar-refractivity contribution in [1.82, 2.24) is 19.9 Å². The first kappa shape index (κ1) is 23.2. The van der Waals surface area contributed by atoms with E-state index in [1.54, 1.807) is 0 Å². The largest absolute Gasteiger partial charge is 0.377 e. The Balaban J connectivity index is 1.74. The van der Waals surface area contributed by atoms with Gasteiger partial charge in [0.25, 0.3) is 0 Å². The lowest BCUT2D eigenvalue weighted by molar-refractivity contribution is -0.133. The van der Waals surface area contributed by atoms with Crippen LogP contribution in [-0.2, 0) is 9.53 Å². The lowest BCUT2D eigenvalue weighted by Crippen LogP contribution is -2.44. The highest BCUT2D eigenvalue weighted by Gasteiger charge is 2.31. The quantitative estimate of drug-likeness (QED) is 0.677. The van der Waals surface area contributed by atoms with E-state index in [4.69, 9.17) is 14.7 Å². The maximum Gasteiger partial charge on any atom is 0.225 e. The van der Waals surface area contributed by atoms with E-state index < -0.39 is 0 Å². The molecular formula is C25H34N6O2. The highest BCUT2D eigenvalue weighted by molar-refractivity contribution is 5.82. The molecule has 1 N–H and O–H groups in total. The van der Waals surface area contributed by atoms with Gasteiger partial charge in [0, 0.05) is 54.9 Å². The Labute approximate surface area is 195 Å². The number of amides is 1. The van der Waals surface area contributed by atoms with Crippen LogP contribution >= 0.6 is 0 Å². The van der Waals surface area contributed by atoms with Gasteiger partial charge in [-0.2, -0.15) is 0 Å². The highest BCUT2D eigenvalue weighted by atomic mass is 16.5. The molecule has 2 aliphatic heterocycles. The normalized spacial score (nSPS) is 21.7. The van der Waals surface area contributed by atoms with Crippen molar-refractivity contribution in [3.8, 4) is 0 Å². The number of carbonyl (C=O) groups excluding carboxylic acids is 1. The fourth-order valence-electron chi connectivity index (χ4n) is 4.68. The van der Waals surface area contributed by atoms with Crippen molar-refractivity contribution >= 4 is 29.8 Å². The van der Waals surface area contributed by atoms with Crippen LogP contribution in [0.4, 0.5) is 11.6 Å². The number of hydrogen-bond donors (Lipinski definition) is 1. The predicted molar refractivity (Wildman–Crippen MR) is 131 cm³/mol. The van der Waals surface area contributed by atoms with Gasteiger partial charge in [0.15, 0.2) is 5.82 Å². The second kappa shape index (κ2) is 9.87. The summed E-state index contributed by atoms with van der Waals surface area (Å²) in [5, 5.41) is 0. The van der Waals surface area contributed by atoms with E-state index in [1.165, 1.54) is 0 Å². The molecule has 2 fully saturated rings. The topological polar surface area (TPSA) is 86.7 Å². The monoisotopic (exact) mass is 450 g/mol. The van der Waals surface area contributed by atoms with E-state index >= 15 is 0 Å². The van der Waals surface area contributed by atoms with Gasteiger partial charge in [-0.05, 0) is 33.1 Å². The molecule has 4 heterocycles. The molecule has 0 radical (unpaired) electrons. The first-order valence-electron chi connectivity index (χ1n) is 11.8.